The van der Waals surface area contributed by atoms with Crippen LogP contribution in [-0.2, 0) is 15.4 Å². The van der Waals surface area contributed by atoms with Crippen molar-refractivity contribution >= 4 is 83.3 Å². The maximum Gasteiger partial charge on any atom is 0.265 e. The minimum Gasteiger partial charge on any atom is -0.321 e. The number of rotatable bonds is 6. The summed E-state index contributed by atoms with van der Waals surface area (Å²) in [6, 6.07) is 16.2. The first-order chi connectivity index (χ1) is 16.4. The average Bonchev–Trinajstić information content (AvgIpc) is 3.40. The smallest absolute Gasteiger partial charge is 0.265 e. The average molecular weight is 565 g/mol. The van der Waals surface area contributed by atoms with Gasteiger partial charge < -0.3 is 5.32 Å². The third-order valence-electron chi connectivity index (χ3n) is 5.33. The second-order valence-electron chi connectivity index (χ2n) is 8.44. The maximum absolute atomic E-state index is 13.0. The van der Waals surface area contributed by atoms with E-state index < -0.39 is 15.4 Å². The Labute approximate surface area is 221 Å². The van der Waals surface area contributed by atoms with Gasteiger partial charge in [-0.05, 0) is 59.5 Å². The van der Waals surface area contributed by atoms with Gasteiger partial charge in [0.1, 0.15) is 10.9 Å². The highest BCUT2D eigenvalue weighted by atomic mass is 35.5. The highest BCUT2D eigenvalue weighted by Gasteiger charge is 2.26. The normalized spacial score (nSPS) is 11.9. The third-order valence-corrected chi connectivity index (χ3v) is 8.87. The molecule has 180 valence electrons. The van der Waals surface area contributed by atoms with Gasteiger partial charge in [0.05, 0.1) is 21.8 Å². The Morgan fingerprint density at radius 1 is 1.06 bits per heavy atom. The number of carbonyl (C=O) groups excluding carboxylic acids is 1. The summed E-state index contributed by atoms with van der Waals surface area (Å²) in [5.41, 5.74) is 1.26. The quantitative estimate of drug-likeness (QED) is 0.261. The van der Waals surface area contributed by atoms with Gasteiger partial charge in [0.25, 0.3) is 5.91 Å². The first-order valence-corrected chi connectivity index (χ1v) is 14.5. The van der Waals surface area contributed by atoms with Crippen molar-refractivity contribution in [2.45, 2.75) is 19.3 Å². The van der Waals surface area contributed by atoms with E-state index in [9.17, 15) is 18.5 Å². The summed E-state index contributed by atoms with van der Waals surface area (Å²) >= 11 is 15.3. The molecule has 0 unspecified atom stereocenters. The van der Waals surface area contributed by atoms with Crippen LogP contribution in [0.15, 0.2) is 48.5 Å². The molecule has 0 saturated heterocycles. The summed E-state index contributed by atoms with van der Waals surface area (Å²) in [6.45, 7) is 4.07. The SMILES string of the molecule is CC(C)(c1cc(Cl)cc(NC(=O)c2cc3cc(NS(C)(=O)=O)c(Cl)cc3s2)c1)c1ccc(C#N)s1. The number of nitriles is 1. The van der Waals surface area contributed by atoms with Crippen LogP contribution in [0, 0.1) is 11.3 Å². The molecule has 0 radical (unpaired) electrons. The van der Waals surface area contributed by atoms with E-state index in [0.29, 0.717) is 25.9 Å². The second kappa shape index (κ2) is 9.45. The Kier molecular flexibility index (Phi) is 6.88. The Balaban J connectivity index is 1.62. The van der Waals surface area contributed by atoms with Gasteiger partial charge in [-0.25, -0.2) is 8.42 Å². The van der Waals surface area contributed by atoms with Crippen LogP contribution in [-0.4, -0.2) is 20.6 Å². The van der Waals surface area contributed by atoms with Gasteiger partial charge in [0.2, 0.25) is 10.0 Å². The van der Waals surface area contributed by atoms with Gasteiger partial charge in [-0.15, -0.1) is 22.7 Å². The molecule has 0 bridgehead atoms. The van der Waals surface area contributed by atoms with E-state index in [0.717, 1.165) is 21.4 Å². The lowest BCUT2D eigenvalue weighted by molar-refractivity contribution is 0.103. The molecule has 0 saturated carbocycles. The number of nitrogens with one attached hydrogen (secondary N) is 2. The fraction of sp³-hybridized carbons (Fsp3) is 0.167. The van der Waals surface area contributed by atoms with Gasteiger partial charge in [-0.1, -0.05) is 37.0 Å². The van der Waals surface area contributed by atoms with Gasteiger partial charge in [0.15, 0.2) is 0 Å². The van der Waals surface area contributed by atoms with Crippen molar-refractivity contribution in [2.24, 2.45) is 0 Å². The van der Waals surface area contributed by atoms with Crippen molar-refractivity contribution in [3.8, 4) is 6.07 Å². The predicted octanol–water partition coefficient (Wildman–Crippen LogP) is 7.09. The Hall–Kier alpha value is -2.61. The number of hydrogen-bond donors (Lipinski definition) is 2. The molecule has 4 aromatic rings. The van der Waals surface area contributed by atoms with Crippen LogP contribution in [0.1, 0.15) is 38.8 Å². The molecule has 0 aliphatic carbocycles. The van der Waals surface area contributed by atoms with Gasteiger partial charge in [0, 0.05) is 25.7 Å². The fourth-order valence-corrected chi connectivity index (χ4v) is 6.59. The molecule has 0 fully saturated rings. The molecule has 11 heteroatoms. The van der Waals surface area contributed by atoms with Crippen molar-refractivity contribution in [1.29, 1.82) is 5.26 Å². The van der Waals surface area contributed by atoms with Crippen molar-refractivity contribution in [3.63, 3.8) is 0 Å². The first-order valence-electron chi connectivity index (χ1n) is 10.2. The Morgan fingerprint density at radius 2 is 1.80 bits per heavy atom. The van der Waals surface area contributed by atoms with E-state index in [2.05, 4.69) is 16.1 Å². The van der Waals surface area contributed by atoms with Crippen molar-refractivity contribution < 1.29 is 13.2 Å². The molecule has 0 spiro atoms. The molecule has 35 heavy (non-hydrogen) atoms. The number of fused-ring (bicyclic) bond motifs is 1. The monoisotopic (exact) mass is 563 g/mol. The van der Waals surface area contributed by atoms with E-state index >= 15 is 0 Å². The van der Waals surface area contributed by atoms with Crippen LogP contribution in [0.3, 0.4) is 0 Å². The standard InChI is InChI=1S/C24H19Cl2N3O3S3/c1-24(2,22-5-4-17(12-27)33-22)14-8-15(25)10-16(9-14)28-23(30)21-7-13-6-19(29-35(3,31)32)18(26)11-20(13)34-21/h4-11,29H,1-3H3,(H,28,30). The molecule has 4 rings (SSSR count). The molecular formula is C24H19Cl2N3O3S3. The summed E-state index contributed by atoms with van der Waals surface area (Å²) in [6.07, 6.45) is 1.04. The second-order valence-corrected chi connectivity index (χ2v) is 13.2. The molecule has 0 aliphatic heterocycles. The highest BCUT2D eigenvalue weighted by Crippen LogP contribution is 2.39. The highest BCUT2D eigenvalue weighted by molar-refractivity contribution is 7.92. The summed E-state index contributed by atoms with van der Waals surface area (Å²) < 4.78 is 26.3. The summed E-state index contributed by atoms with van der Waals surface area (Å²) in [7, 11) is -3.50. The Bertz CT molecular complexity index is 1620. The van der Waals surface area contributed by atoms with Crippen LogP contribution in [0.5, 0.6) is 0 Å². The molecule has 2 N–H and O–H groups in total. The number of hydrogen-bond acceptors (Lipinski definition) is 6. The van der Waals surface area contributed by atoms with E-state index in [1.807, 2.05) is 32.0 Å². The first kappa shape index (κ1) is 25.5. The number of anilines is 2. The van der Waals surface area contributed by atoms with Crippen LogP contribution in [0.25, 0.3) is 10.1 Å². The molecule has 0 aliphatic rings. The van der Waals surface area contributed by atoms with Crippen molar-refractivity contribution in [3.05, 3.63) is 78.8 Å². The lowest BCUT2D eigenvalue weighted by Gasteiger charge is -2.25. The fourth-order valence-electron chi connectivity index (χ4n) is 3.54. The van der Waals surface area contributed by atoms with Crippen LogP contribution < -0.4 is 10.0 Å². The number of nitrogens with zero attached hydrogens (tertiary/aromatic N) is 1. The van der Waals surface area contributed by atoms with Gasteiger partial charge in [-0.3, -0.25) is 9.52 Å². The lowest BCUT2D eigenvalue weighted by Crippen LogP contribution is -2.18. The predicted molar refractivity (Wildman–Crippen MR) is 146 cm³/mol. The zero-order valence-corrected chi connectivity index (χ0v) is 22.7. The van der Waals surface area contributed by atoms with E-state index in [1.165, 1.54) is 22.7 Å². The van der Waals surface area contributed by atoms with Crippen molar-refractivity contribution in [1.82, 2.24) is 0 Å². The third kappa shape index (κ3) is 5.63. The number of amides is 1. The lowest BCUT2D eigenvalue weighted by atomic mass is 9.83. The van der Waals surface area contributed by atoms with Gasteiger partial charge >= 0.3 is 0 Å². The molecule has 6 nitrogen and oxygen atoms in total. The number of carbonyl (C=O) groups is 1. The van der Waals surface area contributed by atoms with Gasteiger partial charge in [-0.2, -0.15) is 5.26 Å². The van der Waals surface area contributed by atoms with E-state index in [4.69, 9.17) is 23.2 Å². The number of sulfonamides is 1. The van der Waals surface area contributed by atoms with Crippen molar-refractivity contribution in [2.75, 3.05) is 16.3 Å². The summed E-state index contributed by atoms with van der Waals surface area (Å²) in [5.74, 6) is -0.325. The zero-order chi connectivity index (χ0) is 25.5. The minimum absolute atomic E-state index is 0.242. The van der Waals surface area contributed by atoms with Crippen LogP contribution in [0.4, 0.5) is 11.4 Å². The number of benzene rings is 2. The molecule has 1 amide bonds. The number of halogens is 2. The van der Waals surface area contributed by atoms with Crippen LogP contribution >= 0.6 is 45.9 Å². The summed E-state index contributed by atoms with van der Waals surface area (Å²) in [5, 5.41) is 13.5. The maximum atomic E-state index is 13.0. The largest absolute Gasteiger partial charge is 0.321 e. The summed E-state index contributed by atoms with van der Waals surface area (Å²) in [4.78, 5) is 15.1. The molecule has 0 atom stereocenters. The van der Waals surface area contributed by atoms with Crippen LogP contribution in [0.2, 0.25) is 10.0 Å². The molecule has 2 aromatic carbocycles. The van der Waals surface area contributed by atoms with E-state index in [-0.39, 0.29) is 16.6 Å². The Morgan fingerprint density at radius 3 is 2.46 bits per heavy atom. The molecule has 2 heterocycles. The number of thiophene rings is 2. The minimum atomic E-state index is -3.50. The topological polar surface area (TPSA) is 99.1 Å². The molecular weight excluding hydrogens is 545 g/mol. The zero-order valence-electron chi connectivity index (χ0n) is 18.8. The van der Waals surface area contributed by atoms with E-state index in [1.54, 1.807) is 30.3 Å². The molecule has 2 aromatic heterocycles.